The van der Waals surface area contributed by atoms with Crippen LogP contribution in [0.1, 0.15) is 26.5 Å². The number of rotatable bonds is 4. The number of hydrogen-bond acceptors (Lipinski definition) is 5. The molecular weight excluding hydrogens is 306 g/mol. The lowest BCUT2D eigenvalue weighted by atomic mass is 10.1. The maximum absolute atomic E-state index is 12.2. The van der Waals surface area contributed by atoms with Crippen molar-refractivity contribution in [3.8, 4) is 0 Å². The molecule has 0 unspecified atom stereocenters. The molecule has 0 aliphatic carbocycles. The first kappa shape index (κ1) is 14.5. The Kier molecular flexibility index (Phi) is 3.32. The average molecular weight is 319 g/mol. The molecule has 7 nitrogen and oxygen atoms in total. The van der Waals surface area contributed by atoms with E-state index in [2.05, 4.69) is 4.98 Å². The number of fused-ring (bicyclic) bond motifs is 1. The lowest BCUT2D eigenvalue weighted by molar-refractivity contribution is 0.0664. The van der Waals surface area contributed by atoms with Gasteiger partial charge in [-0.1, -0.05) is 12.1 Å². The molecule has 1 aromatic heterocycles. The van der Waals surface area contributed by atoms with Gasteiger partial charge in [-0.15, -0.1) is 0 Å². The number of benzene rings is 1. The standard InChI is InChI=1S/C14H13N3O4S/c1-10-15-6-7-17(10)22(20,21)9-8-16-13(18)11-4-2-3-5-12(11)14(16)19/h2-7H,8-9H2,1H3. The van der Waals surface area contributed by atoms with Crippen molar-refractivity contribution in [3.63, 3.8) is 0 Å². The molecule has 0 fully saturated rings. The fraction of sp³-hybridized carbons (Fsp3) is 0.214. The molecule has 1 aromatic carbocycles. The number of amides is 2. The number of carbonyl (C=O) groups excluding carboxylic acids is 2. The second kappa shape index (κ2) is 5.06. The highest BCUT2D eigenvalue weighted by Crippen LogP contribution is 2.22. The predicted molar refractivity (Wildman–Crippen MR) is 78.0 cm³/mol. The Labute approximate surface area is 127 Å². The van der Waals surface area contributed by atoms with Crippen LogP contribution in [-0.4, -0.2) is 46.4 Å². The normalized spacial score (nSPS) is 14.5. The molecule has 1 aliphatic heterocycles. The maximum atomic E-state index is 12.2. The van der Waals surface area contributed by atoms with Crippen LogP contribution in [0.15, 0.2) is 36.7 Å². The monoisotopic (exact) mass is 319 g/mol. The second-order valence-corrected chi connectivity index (χ2v) is 6.86. The van der Waals surface area contributed by atoms with Crippen LogP contribution < -0.4 is 0 Å². The third-order valence-electron chi connectivity index (χ3n) is 3.53. The Bertz CT molecular complexity index is 835. The quantitative estimate of drug-likeness (QED) is 0.773. The number of imidazole rings is 1. The van der Waals surface area contributed by atoms with Gasteiger partial charge in [-0.3, -0.25) is 14.5 Å². The molecule has 0 N–H and O–H groups in total. The summed E-state index contributed by atoms with van der Waals surface area (Å²) >= 11 is 0. The molecule has 2 heterocycles. The molecule has 8 heteroatoms. The summed E-state index contributed by atoms with van der Waals surface area (Å²) in [6, 6.07) is 6.45. The summed E-state index contributed by atoms with van der Waals surface area (Å²) in [6.07, 6.45) is 2.72. The van der Waals surface area contributed by atoms with E-state index in [0.29, 0.717) is 17.0 Å². The minimum Gasteiger partial charge on any atom is -0.273 e. The summed E-state index contributed by atoms with van der Waals surface area (Å²) in [6.45, 7) is 1.38. The number of aromatic nitrogens is 2. The molecule has 0 saturated heterocycles. The predicted octanol–water partition coefficient (Wildman–Crippen LogP) is 0.666. The number of nitrogens with zero attached hydrogens (tertiary/aromatic N) is 3. The topological polar surface area (TPSA) is 89.3 Å². The van der Waals surface area contributed by atoms with Crippen molar-refractivity contribution in [2.24, 2.45) is 0 Å². The fourth-order valence-electron chi connectivity index (χ4n) is 2.41. The zero-order valence-corrected chi connectivity index (χ0v) is 12.6. The minimum absolute atomic E-state index is 0.188. The molecule has 1 aliphatic rings. The third-order valence-corrected chi connectivity index (χ3v) is 5.22. The Hall–Kier alpha value is -2.48. The summed E-state index contributed by atoms with van der Waals surface area (Å²) < 4.78 is 25.5. The summed E-state index contributed by atoms with van der Waals surface area (Å²) in [5.74, 6) is -0.936. The van der Waals surface area contributed by atoms with E-state index in [4.69, 9.17) is 0 Å². The van der Waals surface area contributed by atoms with E-state index in [9.17, 15) is 18.0 Å². The van der Waals surface area contributed by atoms with Gasteiger partial charge in [0.1, 0.15) is 5.82 Å². The van der Waals surface area contributed by atoms with Crippen molar-refractivity contribution in [3.05, 3.63) is 53.6 Å². The van der Waals surface area contributed by atoms with E-state index >= 15 is 0 Å². The Morgan fingerprint density at radius 2 is 1.68 bits per heavy atom. The Morgan fingerprint density at radius 3 is 2.18 bits per heavy atom. The van der Waals surface area contributed by atoms with Crippen molar-refractivity contribution < 1.29 is 18.0 Å². The van der Waals surface area contributed by atoms with Crippen LogP contribution in [0.3, 0.4) is 0 Å². The van der Waals surface area contributed by atoms with Crippen LogP contribution in [0.5, 0.6) is 0 Å². The van der Waals surface area contributed by atoms with Crippen molar-refractivity contribution in [2.75, 3.05) is 12.3 Å². The summed E-state index contributed by atoms with van der Waals surface area (Å²) in [7, 11) is -3.66. The number of imide groups is 1. The van der Waals surface area contributed by atoms with Gasteiger partial charge in [0.2, 0.25) is 10.0 Å². The number of carbonyl (C=O) groups is 2. The molecule has 22 heavy (non-hydrogen) atoms. The summed E-state index contributed by atoms with van der Waals surface area (Å²) in [4.78, 5) is 29.2. The van der Waals surface area contributed by atoms with Gasteiger partial charge in [0.15, 0.2) is 0 Å². The van der Waals surface area contributed by atoms with E-state index in [-0.39, 0.29) is 12.3 Å². The molecule has 2 amide bonds. The SMILES string of the molecule is Cc1nccn1S(=O)(=O)CCN1C(=O)c2ccccc2C1=O. The Balaban J connectivity index is 1.80. The van der Waals surface area contributed by atoms with Crippen LogP contribution in [0, 0.1) is 6.92 Å². The molecular formula is C14H13N3O4S. The van der Waals surface area contributed by atoms with Crippen LogP contribution in [-0.2, 0) is 10.0 Å². The number of aryl methyl sites for hydroxylation is 1. The summed E-state index contributed by atoms with van der Waals surface area (Å²) in [5.41, 5.74) is 0.618. The highest BCUT2D eigenvalue weighted by molar-refractivity contribution is 7.89. The van der Waals surface area contributed by atoms with E-state index in [1.807, 2.05) is 0 Å². The lowest BCUT2D eigenvalue weighted by Gasteiger charge is -2.14. The van der Waals surface area contributed by atoms with Gasteiger partial charge < -0.3 is 0 Å². The van der Waals surface area contributed by atoms with Gasteiger partial charge in [-0.05, 0) is 19.1 Å². The van der Waals surface area contributed by atoms with Crippen molar-refractivity contribution in [2.45, 2.75) is 6.92 Å². The lowest BCUT2D eigenvalue weighted by Crippen LogP contribution is -2.35. The second-order valence-electron chi connectivity index (χ2n) is 4.89. The molecule has 0 bridgehead atoms. The van der Waals surface area contributed by atoms with Crippen LogP contribution in [0.4, 0.5) is 0 Å². The maximum Gasteiger partial charge on any atom is 0.261 e. The minimum atomic E-state index is -3.66. The zero-order chi connectivity index (χ0) is 15.9. The summed E-state index contributed by atoms with van der Waals surface area (Å²) in [5, 5.41) is 0. The first-order valence-corrected chi connectivity index (χ1v) is 8.21. The molecule has 114 valence electrons. The van der Waals surface area contributed by atoms with Gasteiger partial charge in [-0.25, -0.2) is 17.4 Å². The van der Waals surface area contributed by atoms with Crippen LogP contribution in [0.25, 0.3) is 0 Å². The van der Waals surface area contributed by atoms with E-state index in [1.54, 1.807) is 31.2 Å². The Morgan fingerprint density at radius 1 is 1.09 bits per heavy atom. The zero-order valence-electron chi connectivity index (χ0n) is 11.8. The average Bonchev–Trinajstić information content (AvgIpc) is 3.02. The molecule has 0 saturated carbocycles. The van der Waals surface area contributed by atoms with E-state index in [0.717, 1.165) is 8.87 Å². The van der Waals surface area contributed by atoms with Gasteiger partial charge in [0.25, 0.3) is 11.8 Å². The molecule has 0 spiro atoms. The number of hydrogen-bond donors (Lipinski definition) is 0. The van der Waals surface area contributed by atoms with Crippen LogP contribution in [0.2, 0.25) is 0 Å². The molecule has 3 rings (SSSR count). The van der Waals surface area contributed by atoms with Crippen LogP contribution >= 0.6 is 0 Å². The molecule has 0 atom stereocenters. The highest BCUT2D eigenvalue weighted by Gasteiger charge is 2.35. The van der Waals surface area contributed by atoms with Crippen molar-refractivity contribution in [1.29, 1.82) is 0 Å². The van der Waals surface area contributed by atoms with Crippen molar-refractivity contribution in [1.82, 2.24) is 13.9 Å². The van der Waals surface area contributed by atoms with E-state index < -0.39 is 21.8 Å². The highest BCUT2D eigenvalue weighted by atomic mass is 32.2. The third kappa shape index (κ3) is 2.21. The van der Waals surface area contributed by atoms with Crippen molar-refractivity contribution >= 4 is 21.8 Å². The first-order valence-electron chi connectivity index (χ1n) is 6.60. The largest absolute Gasteiger partial charge is 0.273 e. The van der Waals surface area contributed by atoms with Gasteiger partial charge in [0.05, 0.1) is 16.9 Å². The first-order chi connectivity index (χ1) is 10.4. The van der Waals surface area contributed by atoms with E-state index in [1.165, 1.54) is 12.4 Å². The molecule has 2 aromatic rings. The molecule has 0 radical (unpaired) electrons. The smallest absolute Gasteiger partial charge is 0.261 e. The van der Waals surface area contributed by atoms with Gasteiger partial charge in [-0.2, -0.15) is 0 Å². The van der Waals surface area contributed by atoms with Gasteiger partial charge in [0, 0.05) is 18.9 Å². The van der Waals surface area contributed by atoms with Gasteiger partial charge >= 0.3 is 0 Å². The fourth-order valence-corrected chi connectivity index (χ4v) is 3.71.